The largest absolute Gasteiger partial charge is 0.465 e. The van der Waals surface area contributed by atoms with Gasteiger partial charge in [0.25, 0.3) is 11.8 Å². The number of furan rings is 1. The van der Waals surface area contributed by atoms with Gasteiger partial charge in [-0.05, 0) is 55.3 Å². The van der Waals surface area contributed by atoms with Crippen LogP contribution in [0.1, 0.15) is 41.7 Å². The fraction of sp³-hybridized carbons (Fsp3) is 0.150. The maximum Gasteiger partial charge on any atom is 0.337 e. The monoisotopic (exact) mass is 398 g/mol. The van der Waals surface area contributed by atoms with Crippen LogP contribution in [0.15, 0.2) is 47.1 Å². The van der Waals surface area contributed by atoms with E-state index in [1.165, 1.54) is 13.4 Å². The average molecular weight is 398 g/mol. The van der Waals surface area contributed by atoms with Crippen LogP contribution in [0.4, 0.5) is 10.7 Å². The zero-order valence-corrected chi connectivity index (χ0v) is 16.3. The molecule has 2 heterocycles. The van der Waals surface area contributed by atoms with Crippen LogP contribution in [-0.4, -0.2) is 24.9 Å². The van der Waals surface area contributed by atoms with E-state index < -0.39 is 5.97 Å². The Bertz CT molecular complexity index is 1040. The molecule has 0 radical (unpaired) electrons. The van der Waals surface area contributed by atoms with Crippen LogP contribution in [0.25, 0.3) is 0 Å². The topological polar surface area (TPSA) is 97.6 Å². The molecule has 3 rings (SSSR count). The molecule has 7 nitrogen and oxygen atoms in total. The van der Waals surface area contributed by atoms with Gasteiger partial charge in [-0.3, -0.25) is 9.59 Å². The van der Waals surface area contributed by atoms with Gasteiger partial charge < -0.3 is 19.8 Å². The molecule has 8 heteroatoms. The second-order valence-electron chi connectivity index (χ2n) is 6.03. The highest BCUT2D eigenvalue weighted by molar-refractivity contribution is 7.18. The molecule has 2 aromatic heterocycles. The van der Waals surface area contributed by atoms with Gasteiger partial charge in [-0.1, -0.05) is 6.07 Å². The van der Waals surface area contributed by atoms with E-state index >= 15 is 0 Å². The summed E-state index contributed by atoms with van der Waals surface area (Å²) in [5, 5.41) is 6.06. The lowest BCUT2D eigenvalue weighted by atomic mass is 10.1. The Hall–Kier alpha value is -3.39. The summed E-state index contributed by atoms with van der Waals surface area (Å²) in [6, 6.07) is 9.84. The zero-order valence-electron chi connectivity index (χ0n) is 15.5. The van der Waals surface area contributed by atoms with E-state index in [2.05, 4.69) is 10.6 Å². The second-order valence-corrected chi connectivity index (χ2v) is 7.08. The minimum absolute atomic E-state index is 0.187. The van der Waals surface area contributed by atoms with E-state index in [1.54, 1.807) is 43.3 Å². The van der Waals surface area contributed by atoms with Crippen molar-refractivity contribution < 1.29 is 23.5 Å². The summed E-state index contributed by atoms with van der Waals surface area (Å²) in [5.41, 5.74) is 2.39. The molecule has 0 fully saturated rings. The third-order valence-corrected chi connectivity index (χ3v) is 5.16. The van der Waals surface area contributed by atoms with Crippen molar-refractivity contribution in [1.82, 2.24) is 0 Å². The molecule has 28 heavy (non-hydrogen) atoms. The minimum Gasteiger partial charge on any atom is -0.465 e. The van der Waals surface area contributed by atoms with Gasteiger partial charge in [0.2, 0.25) is 0 Å². The van der Waals surface area contributed by atoms with Crippen LogP contribution >= 0.6 is 11.3 Å². The van der Waals surface area contributed by atoms with Crippen molar-refractivity contribution in [3.8, 4) is 0 Å². The zero-order chi connectivity index (χ0) is 20.3. The molecule has 2 amide bonds. The summed E-state index contributed by atoms with van der Waals surface area (Å²) in [6.07, 6.45) is 1.41. The van der Waals surface area contributed by atoms with Crippen LogP contribution in [0, 0.1) is 13.8 Å². The van der Waals surface area contributed by atoms with Crippen LogP contribution in [0.2, 0.25) is 0 Å². The molecule has 0 aliphatic heterocycles. The number of rotatable bonds is 5. The summed E-state index contributed by atoms with van der Waals surface area (Å²) in [5.74, 6) is -1.01. The van der Waals surface area contributed by atoms with Gasteiger partial charge in [-0.25, -0.2) is 4.79 Å². The standard InChI is InChI=1S/C20H18N2O5S/c1-11-6-7-13(20(25)26-3)10-14(11)21-19(24)17-12(2)9-16(28-17)22-18(23)15-5-4-8-27-15/h4-10H,1-3H3,(H,21,24)(H,22,23). The molecule has 3 aromatic rings. The van der Waals surface area contributed by atoms with E-state index in [-0.39, 0.29) is 17.6 Å². The highest BCUT2D eigenvalue weighted by atomic mass is 32.1. The number of carbonyl (C=O) groups is 3. The lowest BCUT2D eigenvalue weighted by molar-refractivity contribution is 0.0600. The molecule has 0 aliphatic carbocycles. The Morgan fingerprint density at radius 3 is 2.46 bits per heavy atom. The first-order valence-corrected chi connectivity index (χ1v) is 9.16. The van der Waals surface area contributed by atoms with Crippen molar-refractivity contribution in [2.75, 3.05) is 17.7 Å². The Kier molecular flexibility index (Phi) is 5.60. The third kappa shape index (κ3) is 4.12. The maximum atomic E-state index is 12.7. The first-order valence-electron chi connectivity index (χ1n) is 8.34. The molecule has 0 bridgehead atoms. The number of carbonyl (C=O) groups excluding carboxylic acids is 3. The lowest BCUT2D eigenvalue weighted by Crippen LogP contribution is -2.13. The minimum atomic E-state index is -0.481. The van der Waals surface area contributed by atoms with Gasteiger partial charge in [0, 0.05) is 5.69 Å². The molecule has 0 aliphatic rings. The second kappa shape index (κ2) is 8.10. The highest BCUT2D eigenvalue weighted by Crippen LogP contribution is 2.28. The Balaban J connectivity index is 1.77. The molecule has 1 aromatic carbocycles. The molecule has 0 atom stereocenters. The number of nitrogens with one attached hydrogen (secondary N) is 2. The van der Waals surface area contributed by atoms with Gasteiger partial charge in [-0.15, -0.1) is 11.3 Å². The number of benzene rings is 1. The SMILES string of the molecule is COC(=O)c1ccc(C)c(NC(=O)c2sc(NC(=O)c3ccco3)cc2C)c1. The van der Waals surface area contributed by atoms with Crippen molar-refractivity contribution in [2.45, 2.75) is 13.8 Å². The maximum absolute atomic E-state index is 12.7. The van der Waals surface area contributed by atoms with Crippen molar-refractivity contribution in [2.24, 2.45) is 0 Å². The summed E-state index contributed by atoms with van der Waals surface area (Å²) in [6.45, 7) is 3.61. The Morgan fingerprint density at radius 1 is 1.00 bits per heavy atom. The first-order chi connectivity index (χ1) is 13.4. The van der Waals surface area contributed by atoms with Gasteiger partial charge in [0.05, 0.1) is 28.8 Å². The molecule has 0 unspecified atom stereocenters. The quantitative estimate of drug-likeness (QED) is 0.626. The Labute approximate surface area is 165 Å². The number of esters is 1. The van der Waals surface area contributed by atoms with Crippen molar-refractivity contribution in [1.29, 1.82) is 0 Å². The van der Waals surface area contributed by atoms with E-state index in [0.717, 1.165) is 22.5 Å². The summed E-state index contributed by atoms with van der Waals surface area (Å²) >= 11 is 1.16. The number of methoxy groups -OCH3 is 1. The molecule has 144 valence electrons. The highest BCUT2D eigenvalue weighted by Gasteiger charge is 2.18. The summed E-state index contributed by atoms with van der Waals surface area (Å²) in [7, 11) is 1.30. The predicted octanol–water partition coefficient (Wildman–Crippen LogP) is 4.25. The fourth-order valence-electron chi connectivity index (χ4n) is 2.53. The van der Waals surface area contributed by atoms with Gasteiger partial charge in [-0.2, -0.15) is 0 Å². The van der Waals surface area contributed by atoms with E-state index in [0.29, 0.717) is 21.1 Å². The number of amides is 2. The molecule has 0 saturated carbocycles. The van der Waals surface area contributed by atoms with Crippen LogP contribution < -0.4 is 10.6 Å². The summed E-state index contributed by atoms with van der Waals surface area (Å²) in [4.78, 5) is 37.0. The number of ether oxygens (including phenoxy) is 1. The number of hydrogen-bond acceptors (Lipinski definition) is 6. The van der Waals surface area contributed by atoms with Crippen LogP contribution in [0.5, 0.6) is 0 Å². The molecule has 0 spiro atoms. The van der Waals surface area contributed by atoms with E-state index in [9.17, 15) is 14.4 Å². The normalized spacial score (nSPS) is 10.4. The van der Waals surface area contributed by atoms with E-state index in [1.807, 2.05) is 6.92 Å². The van der Waals surface area contributed by atoms with Crippen molar-refractivity contribution >= 4 is 39.8 Å². The average Bonchev–Trinajstić information content (AvgIpc) is 3.32. The molecule has 0 saturated heterocycles. The smallest absolute Gasteiger partial charge is 0.337 e. The van der Waals surface area contributed by atoms with Crippen molar-refractivity contribution in [3.05, 3.63) is 70.0 Å². The van der Waals surface area contributed by atoms with Crippen LogP contribution in [-0.2, 0) is 4.74 Å². The lowest BCUT2D eigenvalue weighted by Gasteiger charge is -2.09. The van der Waals surface area contributed by atoms with Gasteiger partial charge in [0.1, 0.15) is 0 Å². The number of anilines is 2. The predicted molar refractivity (Wildman–Crippen MR) is 106 cm³/mol. The van der Waals surface area contributed by atoms with Gasteiger partial charge in [0.15, 0.2) is 5.76 Å². The molecular formula is C20H18N2O5S. The fourth-order valence-corrected chi connectivity index (χ4v) is 3.49. The van der Waals surface area contributed by atoms with E-state index in [4.69, 9.17) is 9.15 Å². The molecular weight excluding hydrogens is 380 g/mol. The molecule has 2 N–H and O–H groups in total. The Morgan fingerprint density at radius 2 is 1.79 bits per heavy atom. The number of thiophene rings is 1. The third-order valence-electron chi connectivity index (χ3n) is 4.01. The summed E-state index contributed by atoms with van der Waals surface area (Å²) < 4.78 is 9.77. The number of hydrogen-bond donors (Lipinski definition) is 2. The number of aryl methyl sites for hydroxylation is 2. The van der Waals surface area contributed by atoms with Crippen molar-refractivity contribution in [3.63, 3.8) is 0 Å². The first kappa shape index (κ1) is 19.4. The van der Waals surface area contributed by atoms with Gasteiger partial charge >= 0.3 is 5.97 Å². The van der Waals surface area contributed by atoms with Crippen LogP contribution in [0.3, 0.4) is 0 Å².